The molecule has 32 heavy (non-hydrogen) atoms. The fourth-order valence-electron chi connectivity index (χ4n) is 3.13. The largest absolute Gasteiger partial charge is 0.468 e. The fraction of sp³-hybridized carbons (Fsp3) is 0.381. The second kappa shape index (κ2) is 10.2. The topological polar surface area (TPSA) is 129 Å². The Hall–Kier alpha value is -2.78. The Morgan fingerprint density at radius 3 is 2.66 bits per heavy atom. The predicted octanol–water partition coefficient (Wildman–Crippen LogP) is 1.88. The number of nitrogens with one attached hydrogen (secondary N) is 2. The lowest BCUT2D eigenvalue weighted by Crippen LogP contribution is -2.44. The lowest BCUT2D eigenvalue weighted by Gasteiger charge is -2.25. The van der Waals surface area contributed by atoms with E-state index in [-0.39, 0.29) is 12.4 Å². The van der Waals surface area contributed by atoms with E-state index in [1.54, 1.807) is 55.5 Å². The van der Waals surface area contributed by atoms with E-state index in [0.29, 0.717) is 5.57 Å². The summed E-state index contributed by atoms with van der Waals surface area (Å²) in [5.74, 6) is -1.91. The van der Waals surface area contributed by atoms with Gasteiger partial charge in [-0.1, -0.05) is 36.4 Å². The summed E-state index contributed by atoms with van der Waals surface area (Å²) in [7, 11) is -2.78. The first-order valence-electron chi connectivity index (χ1n) is 9.93. The number of esters is 1. The molecule has 2 amide bonds. The number of imide groups is 1. The van der Waals surface area contributed by atoms with Gasteiger partial charge < -0.3 is 14.0 Å². The summed E-state index contributed by atoms with van der Waals surface area (Å²) in [5.41, 5.74) is 0.424. The molecule has 2 heterocycles. The molecule has 0 aliphatic carbocycles. The van der Waals surface area contributed by atoms with Gasteiger partial charge >= 0.3 is 13.7 Å². The molecule has 1 aromatic carbocycles. The summed E-state index contributed by atoms with van der Waals surface area (Å²) >= 11 is 0. The van der Waals surface area contributed by atoms with Crippen LogP contribution in [0.5, 0.6) is 5.75 Å². The van der Waals surface area contributed by atoms with E-state index in [1.807, 2.05) is 0 Å². The molecule has 1 aromatic rings. The number of amides is 2. The molecular weight excluding hydrogens is 439 g/mol. The molecule has 10 nitrogen and oxygen atoms in total. The standard InChI is InChI=1S/C21H25N2O8P/c1-13-11-17(20(25)22-19(13)24)18-10-9-16(30-18)12-29-32(27,23-14(2)21(26)28-3)31-15-7-5-4-6-8-15/h4-11,14,16-18H,12H2,1-3H3,(H,23,27)(H,22,24,25)/t14?,16-,17?,18-,32?/m0/s1. The van der Waals surface area contributed by atoms with Gasteiger partial charge in [0, 0.05) is 5.57 Å². The third-order valence-corrected chi connectivity index (χ3v) is 6.46. The number of carbonyl (C=O) groups is 3. The Bertz CT molecular complexity index is 977. The van der Waals surface area contributed by atoms with E-state index in [9.17, 15) is 18.9 Å². The quantitative estimate of drug-likeness (QED) is 0.244. The van der Waals surface area contributed by atoms with Crippen LogP contribution >= 0.6 is 7.75 Å². The number of hydrogen-bond donors (Lipinski definition) is 2. The molecule has 0 aromatic heterocycles. The summed E-state index contributed by atoms with van der Waals surface area (Å²) in [5, 5.41) is 4.84. The summed E-state index contributed by atoms with van der Waals surface area (Å²) in [6.45, 7) is 2.91. The van der Waals surface area contributed by atoms with Gasteiger partial charge in [-0.3, -0.25) is 24.2 Å². The van der Waals surface area contributed by atoms with Gasteiger partial charge in [-0.25, -0.2) is 4.57 Å². The number of benzene rings is 1. The first-order chi connectivity index (χ1) is 15.2. The van der Waals surface area contributed by atoms with Crippen LogP contribution in [0.2, 0.25) is 0 Å². The van der Waals surface area contributed by atoms with Crippen molar-refractivity contribution >= 4 is 25.5 Å². The Labute approximate surface area is 185 Å². The minimum atomic E-state index is -4.00. The molecule has 0 saturated heterocycles. The SMILES string of the molecule is COC(=O)C(C)NP(=O)(OC[C@@H]1C=C[C@@H](C2C=C(C)C(=O)NC2=O)O1)Oc1ccccc1. The lowest BCUT2D eigenvalue weighted by atomic mass is 9.95. The molecule has 0 radical (unpaired) electrons. The normalized spacial score (nSPS) is 25.5. The number of ether oxygens (including phenoxy) is 2. The van der Waals surface area contributed by atoms with Gasteiger partial charge in [-0.2, -0.15) is 5.09 Å². The van der Waals surface area contributed by atoms with Crippen LogP contribution in [0.4, 0.5) is 0 Å². The zero-order valence-electron chi connectivity index (χ0n) is 17.8. The summed E-state index contributed by atoms with van der Waals surface area (Å²) in [4.78, 5) is 35.5. The summed E-state index contributed by atoms with van der Waals surface area (Å²) in [6, 6.07) is 7.41. The first kappa shape index (κ1) is 23.9. The molecular formula is C21H25N2O8P. The number of rotatable bonds is 9. The number of methoxy groups -OCH3 is 1. The molecule has 3 unspecified atom stereocenters. The Morgan fingerprint density at radius 1 is 1.25 bits per heavy atom. The number of carbonyl (C=O) groups excluding carboxylic acids is 3. The van der Waals surface area contributed by atoms with Crippen molar-refractivity contribution in [1.29, 1.82) is 0 Å². The van der Waals surface area contributed by atoms with Crippen LogP contribution in [-0.2, 0) is 32.9 Å². The van der Waals surface area contributed by atoms with E-state index < -0.39 is 49.7 Å². The minimum absolute atomic E-state index is 0.173. The molecule has 5 atom stereocenters. The Balaban J connectivity index is 1.65. The van der Waals surface area contributed by atoms with Gasteiger partial charge in [0.25, 0.3) is 5.91 Å². The van der Waals surface area contributed by atoms with Gasteiger partial charge in [-0.05, 0) is 26.0 Å². The molecule has 11 heteroatoms. The third kappa shape index (κ3) is 5.92. The highest BCUT2D eigenvalue weighted by Crippen LogP contribution is 2.45. The van der Waals surface area contributed by atoms with Gasteiger partial charge in [0.15, 0.2) is 0 Å². The van der Waals surface area contributed by atoms with E-state index >= 15 is 0 Å². The number of hydrogen-bond acceptors (Lipinski definition) is 8. The molecule has 3 rings (SSSR count). The van der Waals surface area contributed by atoms with Crippen LogP contribution in [0.15, 0.2) is 54.1 Å². The van der Waals surface area contributed by atoms with Crippen molar-refractivity contribution in [2.75, 3.05) is 13.7 Å². The Morgan fingerprint density at radius 2 is 1.97 bits per heavy atom. The highest BCUT2D eigenvalue weighted by molar-refractivity contribution is 7.52. The maximum atomic E-state index is 13.3. The summed E-state index contributed by atoms with van der Waals surface area (Å²) in [6.07, 6.45) is 3.69. The molecule has 172 valence electrons. The molecule has 2 N–H and O–H groups in total. The molecule has 0 bridgehead atoms. The molecule has 0 saturated carbocycles. The molecule has 2 aliphatic rings. The zero-order valence-corrected chi connectivity index (χ0v) is 18.7. The van der Waals surface area contributed by atoms with Crippen molar-refractivity contribution in [3.05, 3.63) is 54.1 Å². The van der Waals surface area contributed by atoms with Crippen LogP contribution < -0.4 is 14.9 Å². The average Bonchev–Trinajstić information content (AvgIpc) is 3.23. The maximum absolute atomic E-state index is 13.3. The highest BCUT2D eigenvalue weighted by Gasteiger charge is 2.37. The highest BCUT2D eigenvalue weighted by atomic mass is 31.2. The van der Waals surface area contributed by atoms with E-state index in [1.165, 1.54) is 14.0 Å². The van der Waals surface area contributed by atoms with Crippen LogP contribution in [0, 0.1) is 5.92 Å². The first-order valence-corrected chi connectivity index (χ1v) is 11.5. The average molecular weight is 464 g/mol. The fourth-order valence-corrected chi connectivity index (χ4v) is 4.63. The predicted molar refractivity (Wildman–Crippen MR) is 113 cm³/mol. The Kier molecular flexibility index (Phi) is 7.63. The second-order valence-corrected chi connectivity index (χ2v) is 8.98. The van der Waals surface area contributed by atoms with E-state index in [4.69, 9.17) is 13.8 Å². The maximum Gasteiger partial charge on any atom is 0.459 e. The van der Waals surface area contributed by atoms with Crippen molar-refractivity contribution < 1.29 is 37.5 Å². The van der Waals surface area contributed by atoms with E-state index in [2.05, 4.69) is 15.1 Å². The third-order valence-electron chi connectivity index (χ3n) is 4.81. The van der Waals surface area contributed by atoms with Crippen molar-refractivity contribution in [3.63, 3.8) is 0 Å². The van der Waals surface area contributed by atoms with Crippen molar-refractivity contribution in [1.82, 2.24) is 10.4 Å². The van der Waals surface area contributed by atoms with Gasteiger partial charge in [0.2, 0.25) is 5.91 Å². The smallest absolute Gasteiger partial charge is 0.459 e. The minimum Gasteiger partial charge on any atom is -0.468 e. The zero-order chi connectivity index (χ0) is 23.3. The van der Waals surface area contributed by atoms with Crippen LogP contribution in [0.1, 0.15) is 13.8 Å². The van der Waals surface area contributed by atoms with E-state index in [0.717, 1.165) is 0 Å². The molecule has 2 aliphatic heterocycles. The van der Waals surface area contributed by atoms with Crippen molar-refractivity contribution in [2.24, 2.45) is 5.92 Å². The molecule has 0 fully saturated rings. The van der Waals surface area contributed by atoms with Crippen LogP contribution in [-0.4, -0.2) is 49.8 Å². The lowest BCUT2D eigenvalue weighted by molar-refractivity contribution is -0.142. The van der Waals surface area contributed by atoms with Crippen LogP contribution in [0.3, 0.4) is 0 Å². The second-order valence-electron chi connectivity index (χ2n) is 7.29. The monoisotopic (exact) mass is 464 g/mol. The van der Waals surface area contributed by atoms with Gasteiger partial charge in [0.05, 0.1) is 25.7 Å². The van der Waals surface area contributed by atoms with Gasteiger partial charge in [0.1, 0.15) is 17.9 Å². The summed E-state index contributed by atoms with van der Waals surface area (Å²) < 4.78 is 34.9. The van der Waals surface area contributed by atoms with Crippen LogP contribution in [0.25, 0.3) is 0 Å². The van der Waals surface area contributed by atoms with Crippen molar-refractivity contribution in [3.8, 4) is 5.75 Å². The van der Waals surface area contributed by atoms with Gasteiger partial charge in [-0.15, -0.1) is 0 Å². The number of para-hydroxylation sites is 1. The van der Waals surface area contributed by atoms with Crippen molar-refractivity contribution in [2.45, 2.75) is 32.1 Å². The molecule has 0 spiro atoms.